The average Bonchev–Trinajstić information content (AvgIpc) is 3.12. The van der Waals surface area contributed by atoms with Gasteiger partial charge in [-0.1, -0.05) is 29.8 Å². The topological polar surface area (TPSA) is 92.3 Å². The minimum atomic E-state index is -2.29. The molecule has 2 N–H and O–H groups in total. The van der Waals surface area contributed by atoms with Crippen LogP contribution in [0.25, 0.3) is 22.2 Å². The maximum Gasteiger partial charge on any atom is 0.227 e. The Morgan fingerprint density at radius 1 is 1.20 bits per heavy atom. The van der Waals surface area contributed by atoms with Crippen molar-refractivity contribution < 1.29 is 8.95 Å². The SMILES string of the molecule is COc1ccc(N=S(C)(C)=O)cc1Nc1ncc(Cl)c(-c2c[nH]c3ccccc23)n1. The number of aromatic amines is 1. The third-order valence-electron chi connectivity index (χ3n) is 4.34. The Morgan fingerprint density at radius 2 is 2.00 bits per heavy atom. The summed E-state index contributed by atoms with van der Waals surface area (Å²) in [6, 6.07) is 13.2. The summed E-state index contributed by atoms with van der Waals surface area (Å²) in [6.45, 7) is 0. The molecule has 0 fully saturated rings. The predicted octanol–water partition coefficient (Wildman–Crippen LogP) is 5.39. The first-order chi connectivity index (χ1) is 14.3. The third-order valence-corrected chi connectivity index (χ3v) is 5.27. The van der Waals surface area contributed by atoms with Crippen molar-refractivity contribution in [1.29, 1.82) is 0 Å². The molecule has 2 aromatic carbocycles. The molecule has 4 aromatic rings. The number of fused-ring (bicyclic) bond motifs is 1. The molecule has 0 bridgehead atoms. The number of anilines is 2. The Balaban J connectivity index is 1.76. The lowest BCUT2D eigenvalue weighted by molar-refractivity contribution is 0.417. The van der Waals surface area contributed by atoms with Crippen LogP contribution < -0.4 is 10.1 Å². The number of H-pyrrole nitrogens is 1. The Morgan fingerprint density at radius 3 is 2.77 bits per heavy atom. The summed E-state index contributed by atoms with van der Waals surface area (Å²) in [5.74, 6) is 0.934. The van der Waals surface area contributed by atoms with Gasteiger partial charge in [-0.15, -0.1) is 0 Å². The molecular formula is C21H20ClN5O2S. The molecular weight excluding hydrogens is 422 g/mol. The van der Waals surface area contributed by atoms with Crippen LogP contribution in [0.5, 0.6) is 5.75 Å². The number of para-hydroxylation sites is 1. The van der Waals surface area contributed by atoms with Crippen LogP contribution in [-0.4, -0.2) is 38.8 Å². The largest absolute Gasteiger partial charge is 0.495 e. The van der Waals surface area contributed by atoms with Crippen molar-refractivity contribution in [3.63, 3.8) is 0 Å². The van der Waals surface area contributed by atoms with Crippen molar-refractivity contribution in [3.8, 4) is 17.0 Å². The van der Waals surface area contributed by atoms with Gasteiger partial charge in [0, 0.05) is 44.9 Å². The number of methoxy groups -OCH3 is 1. The Labute approximate surface area is 179 Å². The van der Waals surface area contributed by atoms with Crippen molar-refractivity contribution in [2.24, 2.45) is 4.36 Å². The smallest absolute Gasteiger partial charge is 0.227 e. The number of rotatable bonds is 5. The number of ether oxygens (including phenoxy) is 1. The highest BCUT2D eigenvalue weighted by molar-refractivity contribution is 7.92. The minimum Gasteiger partial charge on any atom is -0.495 e. The first kappa shape index (κ1) is 20.2. The molecule has 2 aromatic heterocycles. The van der Waals surface area contributed by atoms with Crippen LogP contribution in [0, 0.1) is 0 Å². The van der Waals surface area contributed by atoms with E-state index in [1.165, 1.54) is 0 Å². The van der Waals surface area contributed by atoms with Gasteiger partial charge < -0.3 is 15.0 Å². The van der Waals surface area contributed by atoms with Crippen LogP contribution in [0.4, 0.5) is 17.3 Å². The number of hydrogen-bond acceptors (Lipinski definition) is 6. The lowest BCUT2D eigenvalue weighted by atomic mass is 10.1. The van der Waals surface area contributed by atoms with E-state index in [1.54, 1.807) is 44.0 Å². The van der Waals surface area contributed by atoms with Crippen LogP contribution in [0.3, 0.4) is 0 Å². The van der Waals surface area contributed by atoms with Gasteiger partial charge in [0.2, 0.25) is 5.95 Å². The maximum absolute atomic E-state index is 12.0. The quantitative estimate of drug-likeness (QED) is 0.433. The second-order valence-electron chi connectivity index (χ2n) is 6.92. The summed E-state index contributed by atoms with van der Waals surface area (Å²) in [6.07, 6.45) is 6.60. The van der Waals surface area contributed by atoms with E-state index >= 15 is 0 Å². The van der Waals surface area contributed by atoms with Crippen molar-refractivity contribution in [3.05, 3.63) is 59.9 Å². The van der Waals surface area contributed by atoms with Crippen molar-refractivity contribution >= 4 is 49.6 Å². The molecule has 2 heterocycles. The van der Waals surface area contributed by atoms with E-state index < -0.39 is 9.73 Å². The number of nitrogens with one attached hydrogen (secondary N) is 2. The van der Waals surface area contributed by atoms with Gasteiger partial charge in [-0.3, -0.25) is 0 Å². The van der Waals surface area contributed by atoms with Crippen molar-refractivity contribution in [2.45, 2.75) is 0 Å². The number of aromatic nitrogens is 3. The summed E-state index contributed by atoms with van der Waals surface area (Å²) in [4.78, 5) is 12.2. The number of nitrogens with zero attached hydrogens (tertiary/aromatic N) is 3. The number of halogens is 1. The molecule has 0 aliphatic heterocycles. The van der Waals surface area contributed by atoms with Crippen LogP contribution in [0.2, 0.25) is 5.02 Å². The second-order valence-corrected chi connectivity index (χ2v) is 9.87. The maximum atomic E-state index is 12.0. The Hall–Kier alpha value is -3.10. The standard InChI is InChI=1S/C21H20ClN5O2S/c1-29-19-9-8-13(27-30(2,3)28)10-18(19)25-21-24-12-16(22)20(26-21)15-11-23-17-7-5-4-6-14(15)17/h4-12,23H,1-3H3,(H,24,25,26). The summed E-state index contributed by atoms with van der Waals surface area (Å²) >= 11 is 6.41. The van der Waals surface area contributed by atoms with Crippen molar-refractivity contribution in [1.82, 2.24) is 15.0 Å². The molecule has 0 saturated heterocycles. The molecule has 7 nitrogen and oxygen atoms in total. The predicted molar refractivity (Wildman–Crippen MR) is 123 cm³/mol. The molecule has 0 spiro atoms. The highest BCUT2D eigenvalue weighted by Crippen LogP contribution is 2.35. The highest BCUT2D eigenvalue weighted by atomic mass is 35.5. The van der Waals surface area contributed by atoms with Gasteiger partial charge in [0.15, 0.2) is 0 Å². The fourth-order valence-electron chi connectivity index (χ4n) is 3.11. The van der Waals surface area contributed by atoms with Gasteiger partial charge in [0.05, 0.1) is 35.4 Å². The summed E-state index contributed by atoms with van der Waals surface area (Å²) in [5, 5.41) is 4.62. The molecule has 0 unspecified atom stereocenters. The lowest BCUT2D eigenvalue weighted by Crippen LogP contribution is -2.00. The van der Waals surface area contributed by atoms with Gasteiger partial charge in [-0.25, -0.2) is 14.2 Å². The molecule has 0 atom stereocenters. The molecule has 9 heteroatoms. The number of hydrogen-bond donors (Lipinski definition) is 2. The van der Waals surface area contributed by atoms with Crippen LogP contribution in [0.1, 0.15) is 0 Å². The average molecular weight is 442 g/mol. The summed E-state index contributed by atoms with van der Waals surface area (Å²) in [5.41, 5.74) is 3.66. The molecule has 0 aliphatic rings. The van der Waals surface area contributed by atoms with E-state index in [4.69, 9.17) is 16.3 Å². The van der Waals surface area contributed by atoms with Gasteiger partial charge in [-0.2, -0.15) is 4.36 Å². The Bertz CT molecular complexity index is 1350. The van der Waals surface area contributed by atoms with Gasteiger partial charge in [0.25, 0.3) is 0 Å². The molecule has 0 aliphatic carbocycles. The van der Waals surface area contributed by atoms with E-state index in [0.717, 1.165) is 16.5 Å². The van der Waals surface area contributed by atoms with E-state index in [0.29, 0.717) is 33.8 Å². The fourth-order valence-corrected chi connectivity index (χ4v) is 3.92. The van der Waals surface area contributed by atoms with E-state index in [-0.39, 0.29) is 0 Å². The summed E-state index contributed by atoms with van der Waals surface area (Å²) < 4.78 is 21.7. The van der Waals surface area contributed by atoms with Gasteiger partial charge >= 0.3 is 0 Å². The van der Waals surface area contributed by atoms with Crippen LogP contribution in [0.15, 0.2) is 59.2 Å². The van der Waals surface area contributed by atoms with Gasteiger partial charge in [-0.05, 0) is 24.3 Å². The Kier molecular flexibility index (Phi) is 5.36. The van der Waals surface area contributed by atoms with E-state index in [2.05, 4.69) is 24.6 Å². The first-order valence-corrected chi connectivity index (χ1v) is 11.8. The minimum absolute atomic E-state index is 0.351. The summed E-state index contributed by atoms with van der Waals surface area (Å²) in [7, 11) is -0.725. The number of benzene rings is 2. The second kappa shape index (κ2) is 7.97. The zero-order valence-electron chi connectivity index (χ0n) is 16.6. The fraction of sp³-hybridized carbons (Fsp3) is 0.143. The molecule has 30 heavy (non-hydrogen) atoms. The van der Waals surface area contributed by atoms with E-state index in [1.807, 2.05) is 30.5 Å². The van der Waals surface area contributed by atoms with Crippen LogP contribution >= 0.6 is 11.6 Å². The third kappa shape index (κ3) is 4.24. The van der Waals surface area contributed by atoms with Gasteiger partial charge in [0.1, 0.15) is 5.75 Å². The molecule has 0 radical (unpaired) electrons. The molecule has 154 valence electrons. The van der Waals surface area contributed by atoms with Crippen molar-refractivity contribution in [2.75, 3.05) is 24.9 Å². The van der Waals surface area contributed by atoms with Crippen LogP contribution in [-0.2, 0) is 9.73 Å². The molecule has 0 amide bonds. The van der Waals surface area contributed by atoms with E-state index in [9.17, 15) is 4.21 Å². The zero-order chi connectivity index (χ0) is 21.3. The normalized spacial score (nSPS) is 11.5. The lowest BCUT2D eigenvalue weighted by Gasteiger charge is -2.12. The molecule has 0 saturated carbocycles. The zero-order valence-corrected chi connectivity index (χ0v) is 18.2. The first-order valence-electron chi connectivity index (χ1n) is 9.05. The highest BCUT2D eigenvalue weighted by Gasteiger charge is 2.14. The monoisotopic (exact) mass is 441 g/mol. The molecule has 4 rings (SSSR count).